The quantitative estimate of drug-likeness (QED) is 0.340. The zero-order valence-corrected chi connectivity index (χ0v) is 16.2. The highest BCUT2D eigenvalue weighted by Gasteiger charge is 2.38. The van der Waals surface area contributed by atoms with E-state index in [1.54, 1.807) is 30.1 Å². The minimum Gasteiger partial charge on any atom is -0.461 e. The summed E-state index contributed by atoms with van der Waals surface area (Å²) in [5.74, 6) is -0.339. The molecule has 1 fully saturated rings. The van der Waals surface area contributed by atoms with Crippen molar-refractivity contribution < 1.29 is 18.8 Å². The number of aromatic nitrogens is 4. The van der Waals surface area contributed by atoms with Gasteiger partial charge in [-0.3, -0.25) is 4.79 Å². The molecule has 0 radical (unpaired) electrons. The summed E-state index contributed by atoms with van der Waals surface area (Å²) in [5.41, 5.74) is 1.43. The minimum absolute atomic E-state index is 0.0545. The maximum Gasteiger partial charge on any atom is 0.361 e. The second-order valence-electron chi connectivity index (χ2n) is 6.32. The van der Waals surface area contributed by atoms with Crippen molar-refractivity contribution in [3.63, 3.8) is 0 Å². The van der Waals surface area contributed by atoms with Gasteiger partial charge in [0.2, 0.25) is 5.69 Å². The third kappa shape index (κ3) is 3.33. The Hall–Kier alpha value is -2.94. The summed E-state index contributed by atoms with van der Waals surface area (Å²) in [6.07, 6.45) is 6.75. The van der Waals surface area contributed by atoms with Gasteiger partial charge in [0.25, 0.3) is 0 Å². The van der Waals surface area contributed by atoms with E-state index < -0.39 is 5.97 Å². The lowest BCUT2D eigenvalue weighted by Gasteiger charge is -2.10. The van der Waals surface area contributed by atoms with Gasteiger partial charge in [-0.25, -0.2) is 14.5 Å². The average Bonchev–Trinajstić information content (AvgIpc) is 3.22. The molecule has 2 heterocycles. The van der Waals surface area contributed by atoms with Crippen LogP contribution in [0.5, 0.6) is 0 Å². The number of ether oxygens (including phenoxy) is 1. The molecule has 1 saturated carbocycles. The van der Waals surface area contributed by atoms with Crippen molar-refractivity contribution in [3.8, 4) is 5.69 Å². The smallest absolute Gasteiger partial charge is 0.361 e. The molecule has 3 aromatic rings. The van der Waals surface area contributed by atoms with Crippen LogP contribution < -0.4 is 0 Å². The number of nitrogens with zero attached hydrogens (tertiary/aromatic N) is 4. The number of thioether (sulfide) groups is 1. The number of hydrogen-bond acceptors (Lipinski definition) is 8. The fourth-order valence-corrected chi connectivity index (χ4v) is 3.59. The van der Waals surface area contributed by atoms with Crippen LogP contribution in [0, 0.1) is 0 Å². The summed E-state index contributed by atoms with van der Waals surface area (Å²) in [6, 6.07) is 5.38. The summed E-state index contributed by atoms with van der Waals surface area (Å²) in [7, 11) is 0. The first-order valence-corrected chi connectivity index (χ1v) is 10.1. The van der Waals surface area contributed by atoms with Gasteiger partial charge in [0.15, 0.2) is 11.5 Å². The van der Waals surface area contributed by atoms with Crippen molar-refractivity contribution in [2.24, 2.45) is 0 Å². The van der Waals surface area contributed by atoms with Crippen LogP contribution in [0.4, 0.5) is 0 Å². The van der Waals surface area contributed by atoms with Gasteiger partial charge in [0.05, 0.1) is 12.3 Å². The average molecular weight is 398 g/mol. The molecule has 0 atom stereocenters. The Bertz CT molecular complexity index is 1020. The van der Waals surface area contributed by atoms with E-state index in [4.69, 9.17) is 9.26 Å². The van der Waals surface area contributed by atoms with Gasteiger partial charge in [0, 0.05) is 16.4 Å². The molecule has 1 aromatic carbocycles. The third-order valence-electron chi connectivity index (χ3n) is 4.48. The monoisotopic (exact) mass is 398 g/mol. The van der Waals surface area contributed by atoms with Crippen LogP contribution in [-0.4, -0.2) is 44.5 Å². The number of rotatable bonds is 7. The number of hydrogen-bond donors (Lipinski definition) is 0. The molecule has 1 aliphatic rings. The van der Waals surface area contributed by atoms with Crippen molar-refractivity contribution in [2.75, 3.05) is 12.9 Å². The van der Waals surface area contributed by atoms with Crippen LogP contribution in [0.1, 0.15) is 57.9 Å². The zero-order chi connectivity index (χ0) is 19.7. The standard InChI is InChI=1S/C19H18N4O4S/c1-3-26-19(25)16-15(18(27-22-16)11-4-5-11)17(24)13-7-6-12(8-14(13)28-2)23-10-20-9-21-23/h6-11H,3-5H2,1-2H3. The topological polar surface area (TPSA) is 100 Å². The number of ketones is 1. The fourth-order valence-electron chi connectivity index (χ4n) is 2.97. The Morgan fingerprint density at radius 1 is 1.36 bits per heavy atom. The number of benzene rings is 1. The molecule has 0 spiro atoms. The summed E-state index contributed by atoms with van der Waals surface area (Å²) in [6.45, 7) is 1.90. The summed E-state index contributed by atoms with van der Waals surface area (Å²) >= 11 is 1.44. The van der Waals surface area contributed by atoms with E-state index in [0.717, 1.165) is 23.4 Å². The molecule has 144 valence electrons. The molecular formula is C19H18N4O4S. The zero-order valence-electron chi connectivity index (χ0n) is 15.4. The van der Waals surface area contributed by atoms with Crippen LogP contribution in [0.3, 0.4) is 0 Å². The fraction of sp³-hybridized carbons (Fsp3) is 0.316. The van der Waals surface area contributed by atoms with Gasteiger partial charge in [-0.1, -0.05) is 5.16 Å². The molecule has 0 amide bonds. The molecule has 0 saturated heterocycles. The van der Waals surface area contributed by atoms with Crippen LogP contribution in [0.25, 0.3) is 5.69 Å². The maximum atomic E-state index is 13.4. The second kappa shape index (κ2) is 7.59. The van der Waals surface area contributed by atoms with E-state index in [0.29, 0.717) is 11.3 Å². The van der Waals surface area contributed by atoms with Gasteiger partial charge in [-0.15, -0.1) is 11.8 Å². The summed E-state index contributed by atoms with van der Waals surface area (Å²) in [4.78, 5) is 30.4. The molecule has 0 N–H and O–H groups in total. The van der Waals surface area contributed by atoms with Crippen LogP contribution >= 0.6 is 11.8 Å². The predicted octanol–water partition coefficient (Wildman–Crippen LogP) is 3.26. The Kier molecular flexibility index (Phi) is 4.99. The maximum absolute atomic E-state index is 13.4. The molecule has 4 rings (SSSR count). The highest BCUT2D eigenvalue weighted by molar-refractivity contribution is 7.98. The van der Waals surface area contributed by atoms with E-state index >= 15 is 0 Å². The minimum atomic E-state index is -0.647. The molecule has 9 heteroatoms. The molecule has 0 aliphatic heterocycles. The Labute approximate surface area is 165 Å². The van der Waals surface area contributed by atoms with Crippen molar-refractivity contribution in [3.05, 3.63) is 53.4 Å². The Morgan fingerprint density at radius 3 is 2.82 bits per heavy atom. The summed E-state index contributed by atoms with van der Waals surface area (Å²) in [5, 5.41) is 7.97. The van der Waals surface area contributed by atoms with Gasteiger partial charge < -0.3 is 9.26 Å². The van der Waals surface area contributed by atoms with Crippen molar-refractivity contribution in [2.45, 2.75) is 30.6 Å². The van der Waals surface area contributed by atoms with Gasteiger partial charge in [-0.2, -0.15) is 5.10 Å². The third-order valence-corrected chi connectivity index (χ3v) is 5.25. The molecular weight excluding hydrogens is 380 g/mol. The van der Waals surface area contributed by atoms with E-state index in [1.807, 2.05) is 12.3 Å². The van der Waals surface area contributed by atoms with Crippen molar-refractivity contribution >= 4 is 23.5 Å². The number of carbonyl (C=O) groups is 2. The molecule has 0 unspecified atom stereocenters. The van der Waals surface area contributed by atoms with Crippen LogP contribution in [0.15, 0.2) is 40.3 Å². The predicted molar refractivity (Wildman–Crippen MR) is 101 cm³/mol. The Balaban J connectivity index is 1.77. The molecule has 8 nitrogen and oxygen atoms in total. The van der Waals surface area contributed by atoms with Crippen LogP contribution in [-0.2, 0) is 4.74 Å². The summed E-state index contributed by atoms with van der Waals surface area (Å²) < 4.78 is 12.1. The molecule has 2 aromatic heterocycles. The SMILES string of the molecule is CCOC(=O)c1noc(C2CC2)c1C(=O)c1ccc(-n2cncn2)cc1SC. The lowest BCUT2D eigenvalue weighted by atomic mass is 9.99. The van der Waals surface area contributed by atoms with E-state index in [9.17, 15) is 9.59 Å². The lowest BCUT2D eigenvalue weighted by Crippen LogP contribution is -2.14. The van der Waals surface area contributed by atoms with Gasteiger partial charge in [-0.05, 0) is 44.2 Å². The largest absolute Gasteiger partial charge is 0.461 e. The Morgan fingerprint density at radius 2 is 2.18 bits per heavy atom. The first-order valence-electron chi connectivity index (χ1n) is 8.88. The van der Waals surface area contributed by atoms with Crippen LogP contribution in [0.2, 0.25) is 0 Å². The first kappa shape index (κ1) is 18.4. The van der Waals surface area contributed by atoms with Gasteiger partial charge in [0.1, 0.15) is 18.2 Å². The molecule has 1 aliphatic carbocycles. The number of carbonyl (C=O) groups excluding carboxylic acids is 2. The van der Waals surface area contributed by atoms with E-state index in [2.05, 4.69) is 15.2 Å². The van der Waals surface area contributed by atoms with Crippen molar-refractivity contribution in [1.29, 1.82) is 0 Å². The molecule has 0 bridgehead atoms. The highest BCUT2D eigenvalue weighted by Crippen LogP contribution is 2.43. The number of esters is 1. The van der Waals surface area contributed by atoms with Crippen molar-refractivity contribution in [1.82, 2.24) is 19.9 Å². The second-order valence-corrected chi connectivity index (χ2v) is 7.17. The van der Waals surface area contributed by atoms with E-state index in [-0.39, 0.29) is 29.6 Å². The lowest BCUT2D eigenvalue weighted by molar-refractivity contribution is 0.0512. The molecule has 28 heavy (non-hydrogen) atoms. The van der Waals surface area contributed by atoms with E-state index in [1.165, 1.54) is 18.1 Å². The van der Waals surface area contributed by atoms with Gasteiger partial charge >= 0.3 is 5.97 Å². The highest BCUT2D eigenvalue weighted by atomic mass is 32.2. The first-order chi connectivity index (χ1) is 13.6. The normalized spacial score (nSPS) is 13.5.